The van der Waals surface area contributed by atoms with Gasteiger partial charge >= 0.3 is 7.82 Å². The van der Waals surface area contributed by atoms with Crippen molar-refractivity contribution >= 4 is 31.0 Å². The molecule has 0 spiro atoms. The molecule has 0 amide bonds. The summed E-state index contributed by atoms with van der Waals surface area (Å²) in [5.41, 5.74) is 0. The summed E-state index contributed by atoms with van der Waals surface area (Å²) in [5.74, 6) is 0. The van der Waals surface area contributed by atoms with Crippen LogP contribution < -0.4 is 0 Å². The van der Waals surface area contributed by atoms with Crippen LogP contribution in [0.1, 0.15) is 0 Å². The minimum Gasteiger partial charge on any atom is -0.409 e. The van der Waals surface area contributed by atoms with E-state index in [-0.39, 0.29) is 11.1 Å². The minimum atomic E-state index is -3.59. The molecule has 0 N–H and O–H groups in total. The van der Waals surface area contributed by atoms with Gasteiger partial charge in [-0.2, -0.15) is 0 Å². The molecule has 0 fully saturated rings. The molecule has 0 aromatic carbocycles. The summed E-state index contributed by atoms with van der Waals surface area (Å²) in [6.45, 7) is 3.41. The lowest BCUT2D eigenvalue weighted by molar-refractivity contribution is 0.179. The average Bonchev–Trinajstić information content (AvgIpc) is 2.11. The summed E-state index contributed by atoms with van der Waals surface area (Å²) in [4.78, 5) is 0. The zero-order valence-electron chi connectivity index (χ0n) is 6.91. The molecule has 0 aromatic heterocycles. The average molecular weight is 247 g/mol. The van der Waals surface area contributed by atoms with Crippen LogP contribution in [0.2, 0.25) is 0 Å². The molecule has 1 atom stereocenters. The predicted molar refractivity (Wildman–Crippen MR) is 51.6 cm³/mol. The molecule has 4 nitrogen and oxygen atoms in total. The van der Waals surface area contributed by atoms with Crippen LogP contribution in [-0.4, -0.2) is 13.7 Å². The first-order chi connectivity index (χ1) is 6.04. The van der Waals surface area contributed by atoms with E-state index < -0.39 is 7.82 Å². The van der Waals surface area contributed by atoms with Gasteiger partial charge in [0, 0.05) is 7.11 Å². The Balaban J connectivity index is 4.19. The topological polar surface area (TPSA) is 44.8 Å². The third-order valence-electron chi connectivity index (χ3n) is 0.845. The van der Waals surface area contributed by atoms with Crippen molar-refractivity contribution in [1.82, 2.24) is 0 Å². The molecule has 0 aliphatic rings. The lowest BCUT2D eigenvalue weighted by Gasteiger charge is -2.12. The number of phosphoric acid groups is 1. The van der Waals surface area contributed by atoms with Gasteiger partial charge < -0.3 is 4.52 Å². The van der Waals surface area contributed by atoms with Gasteiger partial charge in [-0.05, 0) is 0 Å². The number of hydrogen-bond acceptors (Lipinski definition) is 4. The maximum atomic E-state index is 11.4. The molecule has 0 saturated carbocycles. The number of halogens is 2. The van der Waals surface area contributed by atoms with Crippen molar-refractivity contribution in [2.24, 2.45) is 0 Å². The smallest absolute Gasteiger partial charge is 0.409 e. The minimum absolute atomic E-state index is 0.0405. The molecule has 0 aromatic rings. The van der Waals surface area contributed by atoms with Crippen LogP contribution in [0.4, 0.5) is 0 Å². The Labute approximate surface area is 86.7 Å². The summed E-state index contributed by atoms with van der Waals surface area (Å²) in [6, 6.07) is 0. The van der Waals surface area contributed by atoms with E-state index in [2.05, 4.69) is 15.6 Å². The Hall–Kier alpha value is 0.01000. The summed E-state index contributed by atoms with van der Waals surface area (Å²) < 4.78 is 25.0. The van der Waals surface area contributed by atoms with E-state index in [1.165, 1.54) is 13.2 Å². The van der Waals surface area contributed by atoms with Crippen molar-refractivity contribution in [3.63, 3.8) is 0 Å². The first kappa shape index (κ1) is 13.0. The monoisotopic (exact) mass is 246 g/mol. The van der Waals surface area contributed by atoms with Crippen LogP contribution in [0.3, 0.4) is 0 Å². The van der Waals surface area contributed by atoms with Gasteiger partial charge in [0.25, 0.3) is 0 Å². The van der Waals surface area contributed by atoms with E-state index in [0.29, 0.717) is 0 Å². The van der Waals surface area contributed by atoms with Crippen molar-refractivity contribution in [3.05, 3.63) is 23.4 Å². The van der Waals surface area contributed by atoms with Gasteiger partial charge in [-0.25, -0.2) is 4.57 Å². The van der Waals surface area contributed by atoms with Crippen molar-refractivity contribution in [2.45, 2.75) is 0 Å². The van der Waals surface area contributed by atoms with E-state index in [4.69, 9.17) is 27.7 Å². The number of phosphoric ester groups is 1. The standard InChI is InChI=1S/C6H9Cl2O4P/c1-3-4-11-13(9,10-2)12-5-6(7)8/h3,5H,1,4H2,2H3. The Morgan fingerprint density at radius 2 is 2.23 bits per heavy atom. The second-order valence-corrected chi connectivity index (χ2v) is 4.46. The Bertz CT molecular complexity index is 237. The van der Waals surface area contributed by atoms with E-state index in [1.807, 2.05) is 0 Å². The van der Waals surface area contributed by atoms with Crippen molar-refractivity contribution in [2.75, 3.05) is 13.7 Å². The highest BCUT2D eigenvalue weighted by Gasteiger charge is 2.24. The van der Waals surface area contributed by atoms with E-state index in [9.17, 15) is 4.57 Å². The zero-order valence-corrected chi connectivity index (χ0v) is 9.31. The highest BCUT2D eigenvalue weighted by molar-refractivity contribution is 7.48. The first-order valence-electron chi connectivity index (χ1n) is 3.15. The van der Waals surface area contributed by atoms with Crippen LogP contribution in [0, 0.1) is 0 Å². The highest BCUT2D eigenvalue weighted by Crippen LogP contribution is 2.49. The fourth-order valence-electron chi connectivity index (χ4n) is 0.375. The molecular formula is C6H9Cl2O4P. The van der Waals surface area contributed by atoms with Gasteiger partial charge in [-0.15, -0.1) is 6.58 Å². The molecule has 0 aliphatic carbocycles. The Morgan fingerprint density at radius 3 is 2.62 bits per heavy atom. The summed E-state index contributed by atoms with van der Waals surface area (Å²) >= 11 is 10.4. The molecule has 0 aliphatic heterocycles. The van der Waals surface area contributed by atoms with Crippen LogP contribution in [-0.2, 0) is 18.1 Å². The molecule has 7 heteroatoms. The molecule has 0 heterocycles. The quantitative estimate of drug-likeness (QED) is 0.410. The fourth-order valence-corrected chi connectivity index (χ4v) is 1.36. The van der Waals surface area contributed by atoms with Crippen LogP contribution in [0.25, 0.3) is 0 Å². The largest absolute Gasteiger partial charge is 0.529 e. The van der Waals surface area contributed by atoms with Crippen molar-refractivity contribution in [3.8, 4) is 0 Å². The van der Waals surface area contributed by atoms with Crippen molar-refractivity contribution < 1.29 is 18.1 Å². The molecule has 0 saturated heterocycles. The SMILES string of the molecule is C=CCOP(=O)(OC)OC=C(Cl)Cl. The molecule has 0 rings (SSSR count). The molecule has 76 valence electrons. The van der Waals surface area contributed by atoms with Gasteiger partial charge in [0.1, 0.15) is 10.8 Å². The van der Waals surface area contributed by atoms with Crippen LogP contribution >= 0.6 is 31.0 Å². The second-order valence-electron chi connectivity index (χ2n) is 1.73. The molecule has 0 radical (unpaired) electrons. The summed E-state index contributed by atoms with van der Waals surface area (Å²) in [5, 5.41) is 0. The van der Waals surface area contributed by atoms with Gasteiger partial charge in [0.15, 0.2) is 0 Å². The van der Waals surface area contributed by atoms with Gasteiger partial charge in [0.05, 0.1) is 6.61 Å². The lowest BCUT2D eigenvalue weighted by atomic mass is 10.7. The third-order valence-corrected chi connectivity index (χ3v) is 2.30. The molecule has 0 bridgehead atoms. The van der Waals surface area contributed by atoms with Gasteiger partial charge in [-0.1, -0.05) is 29.3 Å². The van der Waals surface area contributed by atoms with E-state index in [1.54, 1.807) is 0 Å². The Kier molecular flexibility index (Phi) is 6.47. The van der Waals surface area contributed by atoms with Crippen LogP contribution in [0.15, 0.2) is 23.4 Å². The predicted octanol–water partition coefficient (Wildman–Crippen LogP) is 3.24. The fraction of sp³-hybridized carbons (Fsp3) is 0.333. The summed E-state index contributed by atoms with van der Waals surface area (Å²) in [6.07, 6.45) is 2.28. The summed E-state index contributed by atoms with van der Waals surface area (Å²) in [7, 11) is -2.41. The maximum absolute atomic E-state index is 11.4. The zero-order chi connectivity index (χ0) is 10.3. The highest BCUT2D eigenvalue weighted by atomic mass is 35.5. The van der Waals surface area contributed by atoms with E-state index in [0.717, 1.165) is 6.26 Å². The number of hydrogen-bond donors (Lipinski definition) is 0. The van der Waals surface area contributed by atoms with Crippen molar-refractivity contribution in [1.29, 1.82) is 0 Å². The van der Waals surface area contributed by atoms with Gasteiger partial charge in [-0.3, -0.25) is 9.05 Å². The first-order valence-corrected chi connectivity index (χ1v) is 5.36. The lowest BCUT2D eigenvalue weighted by Crippen LogP contribution is -1.94. The molecular weight excluding hydrogens is 238 g/mol. The molecule has 1 unspecified atom stereocenters. The maximum Gasteiger partial charge on any atom is 0.529 e. The second kappa shape index (κ2) is 6.46. The number of rotatable bonds is 6. The Morgan fingerprint density at radius 1 is 1.62 bits per heavy atom. The molecule has 13 heavy (non-hydrogen) atoms. The normalized spacial score (nSPS) is 14.4. The van der Waals surface area contributed by atoms with Crippen LogP contribution in [0.5, 0.6) is 0 Å². The van der Waals surface area contributed by atoms with E-state index >= 15 is 0 Å². The van der Waals surface area contributed by atoms with Gasteiger partial charge in [0.2, 0.25) is 0 Å². The third kappa shape index (κ3) is 6.13.